The van der Waals surface area contributed by atoms with Crippen molar-refractivity contribution in [3.8, 4) is 28.6 Å². The predicted molar refractivity (Wildman–Crippen MR) is 135 cm³/mol. The van der Waals surface area contributed by atoms with Crippen molar-refractivity contribution in [3.05, 3.63) is 69.8 Å². The van der Waals surface area contributed by atoms with Gasteiger partial charge in [0.05, 0.1) is 17.0 Å². The van der Waals surface area contributed by atoms with Gasteiger partial charge in [-0.25, -0.2) is 9.37 Å². The fourth-order valence-electron chi connectivity index (χ4n) is 4.49. The molecule has 1 aliphatic heterocycles. The highest BCUT2D eigenvalue weighted by Gasteiger charge is 2.25. The number of nitrogens with two attached hydrogens (primary N) is 1. The maximum Gasteiger partial charge on any atom is 0.294 e. The third-order valence-corrected chi connectivity index (χ3v) is 6.37. The van der Waals surface area contributed by atoms with Crippen molar-refractivity contribution in [2.24, 2.45) is 5.73 Å². The normalized spacial score (nSPS) is 14.2. The van der Waals surface area contributed by atoms with Crippen LogP contribution in [0, 0.1) is 24.1 Å². The molecule has 35 heavy (non-hydrogen) atoms. The minimum atomic E-state index is -0.621. The summed E-state index contributed by atoms with van der Waals surface area (Å²) in [6, 6.07) is 14.3. The number of aryl methyl sites for hydroxylation is 1. The summed E-state index contributed by atoms with van der Waals surface area (Å²) in [4.78, 5) is 20.7. The average molecular weight is 476 g/mol. The summed E-state index contributed by atoms with van der Waals surface area (Å²) in [7, 11) is 1.63. The molecule has 0 unspecified atom stereocenters. The van der Waals surface area contributed by atoms with Crippen LogP contribution < -0.4 is 16.2 Å². The van der Waals surface area contributed by atoms with Gasteiger partial charge < -0.3 is 19.9 Å². The Morgan fingerprint density at radius 2 is 1.97 bits per heavy atom. The lowest BCUT2D eigenvalue weighted by Gasteiger charge is -2.31. The number of rotatable bonds is 7. The van der Waals surface area contributed by atoms with Crippen LogP contribution in [0.1, 0.15) is 30.4 Å². The third kappa shape index (κ3) is 5.26. The molecule has 4 rings (SSSR count). The van der Waals surface area contributed by atoms with Gasteiger partial charge in [-0.05, 0) is 44.4 Å². The number of nitrogens with zero attached hydrogens (tertiary/aromatic N) is 4. The van der Waals surface area contributed by atoms with Crippen molar-refractivity contribution < 1.29 is 9.13 Å². The van der Waals surface area contributed by atoms with E-state index in [1.54, 1.807) is 17.7 Å². The topological polar surface area (TPSA) is 97.2 Å². The SMILES string of the molecule is COCCCn1c(-c2cccc(C)c2)c(-c2ccc(C#N)c(F)c2)nc(N2CCC(N)CC2)c1=O. The first-order valence-electron chi connectivity index (χ1n) is 11.8. The Morgan fingerprint density at radius 1 is 1.20 bits per heavy atom. The number of nitriles is 1. The summed E-state index contributed by atoms with van der Waals surface area (Å²) in [5, 5.41) is 9.20. The van der Waals surface area contributed by atoms with Crippen LogP contribution in [-0.4, -0.2) is 42.4 Å². The van der Waals surface area contributed by atoms with E-state index in [0.29, 0.717) is 55.4 Å². The highest BCUT2D eigenvalue weighted by Crippen LogP contribution is 2.33. The second-order valence-electron chi connectivity index (χ2n) is 8.94. The van der Waals surface area contributed by atoms with Crippen molar-refractivity contribution in [1.82, 2.24) is 9.55 Å². The van der Waals surface area contributed by atoms with E-state index in [9.17, 15) is 14.4 Å². The lowest BCUT2D eigenvalue weighted by atomic mass is 10.0. The van der Waals surface area contributed by atoms with E-state index < -0.39 is 5.82 Å². The zero-order valence-corrected chi connectivity index (χ0v) is 20.1. The van der Waals surface area contributed by atoms with Crippen LogP contribution in [0.15, 0.2) is 47.3 Å². The van der Waals surface area contributed by atoms with Crippen molar-refractivity contribution in [2.45, 2.75) is 38.8 Å². The lowest BCUT2D eigenvalue weighted by Crippen LogP contribution is -2.43. The van der Waals surface area contributed by atoms with Crippen LogP contribution in [0.2, 0.25) is 0 Å². The van der Waals surface area contributed by atoms with Crippen molar-refractivity contribution >= 4 is 5.82 Å². The summed E-state index contributed by atoms with van der Waals surface area (Å²) in [6.45, 7) is 4.16. The number of aromatic nitrogens is 2. The van der Waals surface area contributed by atoms with Crippen LogP contribution in [0.4, 0.5) is 10.2 Å². The Morgan fingerprint density at radius 3 is 2.63 bits per heavy atom. The number of anilines is 1. The van der Waals surface area contributed by atoms with Gasteiger partial charge in [0, 0.05) is 50.5 Å². The van der Waals surface area contributed by atoms with Gasteiger partial charge in [0.25, 0.3) is 5.56 Å². The number of methoxy groups -OCH3 is 1. The monoisotopic (exact) mass is 475 g/mol. The minimum Gasteiger partial charge on any atom is -0.385 e. The van der Waals surface area contributed by atoms with E-state index in [1.165, 1.54) is 12.1 Å². The zero-order chi connectivity index (χ0) is 24.9. The molecule has 1 aromatic heterocycles. The molecule has 1 saturated heterocycles. The molecule has 182 valence electrons. The van der Waals surface area contributed by atoms with Gasteiger partial charge >= 0.3 is 0 Å². The van der Waals surface area contributed by atoms with E-state index in [4.69, 9.17) is 15.5 Å². The summed E-state index contributed by atoms with van der Waals surface area (Å²) in [5.74, 6) is -0.282. The summed E-state index contributed by atoms with van der Waals surface area (Å²) in [5.41, 5.74) is 9.35. The molecule has 0 atom stereocenters. The van der Waals surface area contributed by atoms with E-state index in [2.05, 4.69) is 0 Å². The van der Waals surface area contributed by atoms with Gasteiger partial charge in [-0.2, -0.15) is 5.26 Å². The molecule has 0 spiro atoms. The quantitative estimate of drug-likeness (QED) is 0.521. The number of piperidine rings is 1. The van der Waals surface area contributed by atoms with Gasteiger partial charge in [-0.3, -0.25) is 4.79 Å². The predicted octanol–water partition coefficient (Wildman–Crippen LogP) is 3.86. The Bertz CT molecular complexity index is 1310. The number of benzene rings is 2. The molecule has 3 aromatic rings. The van der Waals surface area contributed by atoms with Crippen LogP contribution in [0.5, 0.6) is 0 Å². The Hall–Kier alpha value is -3.54. The first-order valence-corrected chi connectivity index (χ1v) is 11.8. The molecule has 0 saturated carbocycles. The highest BCUT2D eigenvalue weighted by molar-refractivity contribution is 5.80. The number of ether oxygens (including phenoxy) is 1. The van der Waals surface area contributed by atoms with Crippen LogP contribution in [0.3, 0.4) is 0 Å². The Kier molecular flexibility index (Phi) is 7.59. The van der Waals surface area contributed by atoms with Crippen molar-refractivity contribution in [2.75, 3.05) is 31.7 Å². The molecular weight excluding hydrogens is 445 g/mol. The van der Waals surface area contributed by atoms with Gasteiger partial charge in [-0.15, -0.1) is 0 Å². The molecule has 7 nitrogen and oxygen atoms in total. The van der Waals surface area contributed by atoms with Gasteiger partial charge in [0.2, 0.25) is 0 Å². The van der Waals surface area contributed by atoms with Gasteiger partial charge in [-0.1, -0.05) is 29.8 Å². The van der Waals surface area contributed by atoms with Crippen LogP contribution >= 0.6 is 0 Å². The highest BCUT2D eigenvalue weighted by atomic mass is 19.1. The molecule has 2 N–H and O–H groups in total. The summed E-state index contributed by atoms with van der Waals surface area (Å²) >= 11 is 0. The van der Waals surface area contributed by atoms with E-state index in [0.717, 1.165) is 24.0 Å². The molecule has 8 heteroatoms. The molecule has 0 amide bonds. The summed E-state index contributed by atoms with van der Waals surface area (Å²) < 4.78 is 21.7. The standard InChI is InChI=1S/C27H30FN5O2/c1-18-5-3-6-20(15-18)25-24(19-7-8-21(17-29)23(28)16-19)31-26(32-12-9-22(30)10-13-32)27(34)33(25)11-4-14-35-2/h3,5-8,15-16,22H,4,9-14,30H2,1-2H3. The fraction of sp³-hybridized carbons (Fsp3) is 0.370. The fourth-order valence-corrected chi connectivity index (χ4v) is 4.49. The Balaban J connectivity index is 1.99. The number of hydrogen-bond acceptors (Lipinski definition) is 6. The molecule has 2 aromatic carbocycles. The maximum absolute atomic E-state index is 14.7. The molecule has 0 aliphatic carbocycles. The smallest absolute Gasteiger partial charge is 0.294 e. The molecular formula is C27H30FN5O2. The van der Waals surface area contributed by atoms with E-state index in [-0.39, 0.29) is 17.2 Å². The van der Waals surface area contributed by atoms with Gasteiger partial charge in [0.15, 0.2) is 5.82 Å². The molecule has 0 radical (unpaired) electrons. The largest absolute Gasteiger partial charge is 0.385 e. The number of hydrogen-bond donors (Lipinski definition) is 1. The Labute approximate surface area is 204 Å². The average Bonchev–Trinajstić information content (AvgIpc) is 2.85. The van der Waals surface area contributed by atoms with Crippen LogP contribution in [-0.2, 0) is 11.3 Å². The van der Waals surface area contributed by atoms with Crippen LogP contribution in [0.25, 0.3) is 22.5 Å². The first-order chi connectivity index (χ1) is 16.9. The molecule has 2 heterocycles. The van der Waals surface area contributed by atoms with Crippen molar-refractivity contribution in [3.63, 3.8) is 0 Å². The third-order valence-electron chi connectivity index (χ3n) is 6.37. The molecule has 1 fully saturated rings. The lowest BCUT2D eigenvalue weighted by molar-refractivity contribution is 0.190. The maximum atomic E-state index is 14.7. The van der Waals surface area contributed by atoms with Crippen molar-refractivity contribution in [1.29, 1.82) is 5.26 Å². The molecule has 0 bridgehead atoms. The second kappa shape index (κ2) is 10.8. The van der Waals surface area contributed by atoms with E-state index in [1.807, 2.05) is 42.2 Å². The number of halogens is 1. The zero-order valence-electron chi connectivity index (χ0n) is 20.1. The van der Waals surface area contributed by atoms with Gasteiger partial charge in [0.1, 0.15) is 11.9 Å². The van der Waals surface area contributed by atoms with E-state index >= 15 is 0 Å². The first kappa shape index (κ1) is 24.6. The minimum absolute atomic E-state index is 0.0375. The summed E-state index contributed by atoms with van der Waals surface area (Å²) in [6.07, 6.45) is 2.17. The second-order valence-corrected chi connectivity index (χ2v) is 8.94. The molecule has 1 aliphatic rings.